The van der Waals surface area contributed by atoms with Gasteiger partial charge >= 0.3 is 12.1 Å². The number of amides is 1. The zero-order valence-corrected chi connectivity index (χ0v) is 17.2. The Morgan fingerprint density at radius 2 is 1.79 bits per heavy atom. The molecule has 0 aliphatic heterocycles. The number of terminal acetylenes is 1. The predicted molar refractivity (Wildman–Crippen MR) is 107 cm³/mol. The Balaban J connectivity index is 2.03. The summed E-state index contributed by atoms with van der Waals surface area (Å²) in [6, 6.07) is 5.94. The van der Waals surface area contributed by atoms with E-state index in [2.05, 4.69) is 10.6 Å². The number of carbonyl (C=O) groups is 2. The summed E-state index contributed by atoms with van der Waals surface area (Å²) in [6.07, 6.45) is 0.157. The fraction of sp³-hybridized carbons (Fsp3) is 0.158. The van der Waals surface area contributed by atoms with Crippen LogP contribution in [0.15, 0.2) is 47.4 Å². The SMILES string of the molecule is C#CCNS(=O)(=O)c1ccc(C(=O)OCC(=O)Nc2ccc(C(F)(F)F)cc2[N+](=O)[O-])cc1. The Bertz CT molecular complexity index is 1220. The third-order valence-electron chi connectivity index (χ3n) is 3.89. The summed E-state index contributed by atoms with van der Waals surface area (Å²) in [6.45, 7) is -1.15. The van der Waals surface area contributed by atoms with Crippen LogP contribution < -0.4 is 10.0 Å². The van der Waals surface area contributed by atoms with Crippen LogP contribution in [0.1, 0.15) is 15.9 Å². The molecular formula is C19H14F3N3O7S. The maximum atomic E-state index is 12.7. The van der Waals surface area contributed by atoms with E-state index in [1.807, 2.05) is 5.32 Å². The van der Waals surface area contributed by atoms with Crippen molar-refractivity contribution in [3.8, 4) is 12.3 Å². The molecule has 0 atom stereocenters. The number of hydrogen-bond acceptors (Lipinski definition) is 7. The molecule has 2 N–H and O–H groups in total. The van der Waals surface area contributed by atoms with Crippen LogP contribution >= 0.6 is 0 Å². The number of anilines is 1. The number of nitro benzene ring substituents is 1. The average molecular weight is 485 g/mol. The van der Waals surface area contributed by atoms with Crippen molar-refractivity contribution in [1.82, 2.24) is 4.72 Å². The number of esters is 1. The summed E-state index contributed by atoms with van der Waals surface area (Å²) in [5.74, 6) is 0.0244. The minimum Gasteiger partial charge on any atom is -0.452 e. The Kier molecular flexibility index (Phi) is 7.75. The van der Waals surface area contributed by atoms with Crippen molar-refractivity contribution in [3.05, 3.63) is 63.7 Å². The molecule has 0 fully saturated rings. The molecular weight excluding hydrogens is 471 g/mol. The molecule has 0 saturated heterocycles. The topological polar surface area (TPSA) is 145 Å². The lowest BCUT2D eigenvalue weighted by atomic mass is 10.1. The van der Waals surface area contributed by atoms with Crippen molar-refractivity contribution in [2.75, 3.05) is 18.5 Å². The zero-order chi connectivity index (χ0) is 24.8. The standard InChI is InChI=1S/C19H14F3N3O7S/c1-2-9-23-33(30,31)14-6-3-12(4-7-14)18(27)32-11-17(26)24-15-8-5-13(19(20,21)22)10-16(15)25(28)29/h1,3-8,10,23H,9,11H2,(H,24,26). The summed E-state index contributed by atoms with van der Waals surface area (Å²) in [7, 11) is -3.88. The smallest absolute Gasteiger partial charge is 0.416 e. The lowest BCUT2D eigenvalue weighted by Crippen LogP contribution is -2.24. The first-order valence-electron chi connectivity index (χ1n) is 8.71. The Morgan fingerprint density at radius 3 is 2.33 bits per heavy atom. The molecule has 0 spiro atoms. The maximum absolute atomic E-state index is 12.7. The first-order valence-corrected chi connectivity index (χ1v) is 10.2. The first kappa shape index (κ1) is 25.3. The number of rotatable bonds is 8. The highest BCUT2D eigenvalue weighted by atomic mass is 32.2. The van der Waals surface area contributed by atoms with Crippen molar-refractivity contribution in [1.29, 1.82) is 0 Å². The fourth-order valence-corrected chi connectivity index (χ4v) is 3.29. The maximum Gasteiger partial charge on any atom is 0.416 e. The number of hydrogen-bond donors (Lipinski definition) is 2. The second kappa shape index (κ2) is 10.1. The summed E-state index contributed by atoms with van der Waals surface area (Å²) in [4.78, 5) is 33.7. The largest absolute Gasteiger partial charge is 0.452 e. The van der Waals surface area contributed by atoms with E-state index in [1.54, 1.807) is 0 Å². The molecule has 0 aliphatic carbocycles. The van der Waals surface area contributed by atoms with E-state index in [0.29, 0.717) is 12.1 Å². The first-order chi connectivity index (χ1) is 15.3. The number of sulfonamides is 1. The van der Waals surface area contributed by atoms with Crippen molar-refractivity contribution in [2.45, 2.75) is 11.1 Å². The second-order valence-corrected chi connectivity index (χ2v) is 7.93. The Labute approximate surface area is 184 Å². The normalized spacial score (nSPS) is 11.3. The van der Waals surface area contributed by atoms with Crippen LogP contribution in [0.3, 0.4) is 0 Å². The number of ether oxygens (including phenoxy) is 1. The molecule has 2 aromatic rings. The summed E-state index contributed by atoms with van der Waals surface area (Å²) in [5, 5.41) is 13.0. The van der Waals surface area contributed by atoms with Gasteiger partial charge in [0.1, 0.15) is 5.69 Å². The highest BCUT2D eigenvalue weighted by Crippen LogP contribution is 2.34. The summed E-state index contributed by atoms with van der Waals surface area (Å²) >= 11 is 0. The van der Waals surface area contributed by atoms with Gasteiger partial charge in [-0.2, -0.15) is 17.9 Å². The van der Waals surface area contributed by atoms with Gasteiger partial charge in [0.2, 0.25) is 10.0 Å². The van der Waals surface area contributed by atoms with Gasteiger partial charge in [0.15, 0.2) is 6.61 Å². The molecule has 174 valence electrons. The van der Waals surface area contributed by atoms with Gasteiger partial charge in [-0.15, -0.1) is 6.42 Å². The van der Waals surface area contributed by atoms with Gasteiger partial charge in [0.05, 0.1) is 27.5 Å². The van der Waals surface area contributed by atoms with E-state index in [4.69, 9.17) is 11.2 Å². The van der Waals surface area contributed by atoms with E-state index in [9.17, 15) is 41.3 Å². The van der Waals surface area contributed by atoms with Gasteiger partial charge in [0, 0.05) is 6.07 Å². The highest BCUT2D eigenvalue weighted by molar-refractivity contribution is 7.89. The van der Waals surface area contributed by atoms with E-state index in [1.165, 1.54) is 0 Å². The molecule has 14 heteroatoms. The van der Waals surface area contributed by atoms with Crippen molar-refractivity contribution < 1.29 is 40.8 Å². The summed E-state index contributed by atoms with van der Waals surface area (Å²) < 4.78 is 68.9. The van der Waals surface area contributed by atoms with Crippen LogP contribution in [0.5, 0.6) is 0 Å². The molecule has 0 unspecified atom stereocenters. The molecule has 0 bridgehead atoms. The quantitative estimate of drug-likeness (QED) is 0.253. The highest BCUT2D eigenvalue weighted by Gasteiger charge is 2.33. The lowest BCUT2D eigenvalue weighted by Gasteiger charge is -2.10. The molecule has 1 amide bonds. The van der Waals surface area contributed by atoms with Crippen molar-refractivity contribution >= 4 is 33.3 Å². The van der Waals surface area contributed by atoms with Gasteiger partial charge in [0.25, 0.3) is 11.6 Å². The Morgan fingerprint density at radius 1 is 1.15 bits per heavy atom. The molecule has 0 aromatic heterocycles. The van der Waals surface area contributed by atoms with Crippen molar-refractivity contribution in [2.24, 2.45) is 0 Å². The van der Waals surface area contributed by atoms with Crippen LogP contribution in [0, 0.1) is 22.5 Å². The van der Waals surface area contributed by atoms with Gasteiger partial charge in [-0.25, -0.2) is 13.2 Å². The zero-order valence-electron chi connectivity index (χ0n) is 16.4. The molecule has 33 heavy (non-hydrogen) atoms. The van der Waals surface area contributed by atoms with Crippen LogP contribution in [0.2, 0.25) is 0 Å². The predicted octanol–water partition coefficient (Wildman–Crippen LogP) is 2.32. The summed E-state index contributed by atoms with van der Waals surface area (Å²) in [5.41, 5.74) is -2.92. The van der Waals surface area contributed by atoms with Crippen molar-refractivity contribution in [3.63, 3.8) is 0 Å². The number of nitro groups is 1. The van der Waals surface area contributed by atoms with Gasteiger partial charge in [-0.3, -0.25) is 14.9 Å². The third kappa shape index (κ3) is 6.76. The minimum atomic E-state index is -4.82. The number of nitrogens with one attached hydrogen (secondary N) is 2. The van der Waals surface area contributed by atoms with Crippen LogP contribution in [0.25, 0.3) is 0 Å². The van der Waals surface area contributed by atoms with E-state index in [0.717, 1.165) is 24.3 Å². The van der Waals surface area contributed by atoms with E-state index in [-0.39, 0.29) is 23.1 Å². The Hall–Kier alpha value is -3.96. The van der Waals surface area contributed by atoms with Gasteiger partial charge in [-0.1, -0.05) is 5.92 Å². The fourth-order valence-electron chi connectivity index (χ4n) is 2.36. The molecule has 0 heterocycles. The van der Waals surface area contributed by atoms with Crippen LogP contribution in [-0.2, 0) is 25.7 Å². The van der Waals surface area contributed by atoms with E-state index < -0.39 is 56.5 Å². The lowest BCUT2D eigenvalue weighted by molar-refractivity contribution is -0.384. The van der Waals surface area contributed by atoms with Gasteiger partial charge in [-0.05, 0) is 36.4 Å². The number of carbonyl (C=O) groups excluding carboxylic acids is 2. The number of halogens is 3. The number of benzene rings is 2. The van der Waals surface area contributed by atoms with Gasteiger partial charge < -0.3 is 10.1 Å². The average Bonchev–Trinajstić information content (AvgIpc) is 2.75. The molecule has 10 nitrogen and oxygen atoms in total. The molecule has 2 aromatic carbocycles. The molecule has 2 rings (SSSR count). The number of nitrogens with zero attached hydrogens (tertiary/aromatic N) is 1. The third-order valence-corrected chi connectivity index (χ3v) is 5.31. The molecule has 0 saturated carbocycles. The van der Waals surface area contributed by atoms with Crippen LogP contribution in [-0.4, -0.2) is 38.4 Å². The molecule has 0 radical (unpaired) electrons. The van der Waals surface area contributed by atoms with E-state index >= 15 is 0 Å². The minimum absolute atomic E-state index is 0.112. The second-order valence-electron chi connectivity index (χ2n) is 6.16. The number of alkyl halides is 3. The monoisotopic (exact) mass is 485 g/mol. The van der Waals surface area contributed by atoms with Crippen LogP contribution in [0.4, 0.5) is 24.5 Å². The molecule has 0 aliphatic rings.